The minimum atomic E-state index is -3.05. The molecule has 0 atom stereocenters. The molecule has 2 nitrogen and oxygen atoms in total. The van der Waals surface area contributed by atoms with Crippen LogP contribution in [-0.2, 0) is 0 Å². The topological polar surface area (TPSA) is 26.3 Å². The molecule has 3 fully saturated rings. The van der Waals surface area contributed by atoms with Crippen molar-refractivity contribution in [2.45, 2.75) is 136 Å². The number of halogens is 3. The zero-order valence-electron chi connectivity index (χ0n) is 25.1. The van der Waals surface area contributed by atoms with E-state index in [0.717, 1.165) is 56.3 Å². The first kappa shape index (κ1) is 31.4. The Hall–Kier alpha value is -1.52. The van der Waals surface area contributed by atoms with Crippen LogP contribution in [0.25, 0.3) is 0 Å². The highest BCUT2D eigenvalue weighted by molar-refractivity contribution is 5.98. The first-order valence-electron chi connectivity index (χ1n) is 16.6. The summed E-state index contributed by atoms with van der Waals surface area (Å²) in [5.41, 5.74) is -0.946. The summed E-state index contributed by atoms with van der Waals surface area (Å²) in [6.45, 7) is 4.85. The van der Waals surface area contributed by atoms with Crippen molar-refractivity contribution < 1.29 is 22.7 Å². The molecule has 0 aliphatic heterocycles. The van der Waals surface area contributed by atoms with Gasteiger partial charge in [0.05, 0.1) is 12.2 Å². The summed E-state index contributed by atoms with van der Waals surface area (Å²) < 4.78 is 49.0. The third-order valence-electron chi connectivity index (χ3n) is 10.8. The van der Waals surface area contributed by atoms with E-state index in [2.05, 4.69) is 13.8 Å². The molecular formula is C35H53F3O2. The monoisotopic (exact) mass is 562 g/mol. The van der Waals surface area contributed by atoms with Gasteiger partial charge in [-0.3, -0.25) is 4.79 Å². The van der Waals surface area contributed by atoms with Crippen molar-refractivity contribution in [3.8, 4) is 5.75 Å². The SMILES string of the molecule is CCCC1CCC(CC(=O)c2ccc(OCC3CCC(CCC4CCC(CC)CC4)CC3)c(F)c2C(F)F)CC1. The highest BCUT2D eigenvalue weighted by atomic mass is 19.3. The third kappa shape index (κ3) is 8.74. The second kappa shape index (κ2) is 15.6. The summed E-state index contributed by atoms with van der Waals surface area (Å²) in [5.74, 6) is 2.32. The smallest absolute Gasteiger partial charge is 0.267 e. The lowest BCUT2D eigenvalue weighted by Gasteiger charge is -2.31. The van der Waals surface area contributed by atoms with Gasteiger partial charge in [-0.2, -0.15) is 0 Å². The van der Waals surface area contributed by atoms with Gasteiger partial charge in [-0.1, -0.05) is 97.3 Å². The largest absolute Gasteiger partial charge is 0.490 e. The van der Waals surface area contributed by atoms with Gasteiger partial charge in [0.1, 0.15) is 0 Å². The molecule has 226 valence electrons. The number of hydrogen-bond acceptors (Lipinski definition) is 2. The second-order valence-electron chi connectivity index (χ2n) is 13.5. The zero-order chi connectivity index (χ0) is 28.5. The highest BCUT2D eigenvalue weighted by Gasteiger charge is 2.30. The molecule has 40 heavy (non-hydrogen) atoms. The van der Waals surface area contributed by atoms with Crippen molar-refractivity contribution in [1.29, 1.82) is 0 Å². The first-order valence-corrected chi connectivity index (χ1v) is 16.6. The van der Waals surface area contributed by atoms with Crippen LogP contribution in [0.2, 0.25) is 0 Å². The lowest BCUT2D eigenvalue weighted by Crippen LogP contribution is -2.22. The number of ketones is 1. The summed E-state index contributed by atoms with van der Waals surface area (Å²) in [5, 5.41) is 0. The fraction of sp³-hybridized carbons (Fsp3) is 0.800. The molecule has 0 radical (unpaired) electrons. The van der Waals surface area contributed by atoms with E-state index < -0.39 is 17.8 Å². The van der Waals surface area contributed by atoms with Crippen molar-refractivity contribution in [1.82, 2.24) is 0 Å². The number of benzene rings is 1. The number of Topliss-reactive ketones (excluding diaryl/α,β-unsaturated/α-hetero) is 1. The van der Waals surface area contributed by atoms with Crippen LogP contribution in [0.5, 0.6) is 5.75 Å². The molecule has 0 heterocycles. The number of carbonyl (C=O) groups excluding carboxylic acids is 1. The van der Waals surface area contributed by atoms with Gasteiger partial charge in [0.15, 0.2) is 17.3 Å². The standard InChI is InChI=1S/C35H53F3O2/c1-3-5-25-12-16-28(17-13-25)22-31(39)30-20-21-32(34(36)33(30)35(37)38)40-23-29-18-14-27(15-19-29)11-10-26-8-6-24(4-2)7-9-26/h20-21,24-29,35H,3-19,22-23H2,1-2H3. The average Bonchev–Trinajstić information content (AvgIpc) is 2.97. The molecule has 0 bridgehead atoms. The van der Waals surface area contributed by atoms with Crippen molar-refractivity contribution in [3.05, 3.63) is 29.1 Å². The molecule has 3 aliphatic rings. The Kier molecular flexibility index (Phi) is 12.3. The van der Waals surface area contributed by atoms with Crippen molar-refractivity contribution in [2.24, 2.45) is 35.5 Å². The maximum atomic E-state index is 15.2. The summed E-state index contributed by atoms with van der Waals surface area (Å²) in [4.78, 5) is 13.0. The fourth-order valence-corrected chi connectivity index (χ4v) is 7.94. The lowest BCUT2D eigenvalue weighted by molar-refractivity contribution is 0.0924. The van der Waals surface area contributed by atoms with Gasteiger partial charge < -0.3 is 4.74 Å². The summed E-state index contributed by atoms with van der Waals surface area (Å²) in [6, 6.07) is 2.77. The van der Waals surface area contributed by atoms with E-state index in [1.165, 1.54) is 82.8 Å². The van der Waals surface area contributed by atoms with Gasteiger partial charge in [-0.05, 0) is 73.3 Å². The highest BCUT2D eigenvalue weighted by Crippen LogP contribution is 2.39. The number of hydrogen-bond donors (Lipinski definition) is 0. The molecule has 0 unspecified atom stereocenters. The van der Waals surface area contributed by atoms with E-state index in [0.29, 0.717) is 18.4 Å². The van der Waals surface area contributed by atoms with Crippen molar-refractivity contribution in [2.75, 3.05) is 6.61 Å². The van der Waals surface area contributed by atoms with Crippen LogP contribution < -0.4 is 4.74 Å². The Labute approximate surface area is 241 Å². The molecular weight excluding hydrogens is 509 g/mol. The van der Waals surface area contributed by atoms with Crippen molar-refractivity contribution in [3.63, 3.8) is 0 Å². The predicted octanol–water partition coefficient (Wildman–Crippen LogP) is 11.1. The van der Waals surface area contributed by atoms with E-state index in [1.807, 2.05) is 0 Å². The molecule has 1 aromatic carbocycles. The molecule has 3 aliphatic carbocycles. The van der Waals surface area contributed by atoms with Crippen LogP contribution in [0, 0.1) is 41.3 Å². The number of alkyl halides is 2. The van der Waals surface area contributed by atoms with Gasteiger partial charge >= 0.3 is 0 Å². The Morgan fingerprint density at radius 2 is 1.25 bits per heavy atom. The third-order valence-corrected chi connectivity index (χ3v) is 10.8. The average molecular weight is 563 g/mol. The Morgan fingerprint density at radius 1 is 0.750 bits per heavy atom. The van der Waals surface area contributed by atoms with Gasteiger partial charge in [-0.15, -0.1) is 0 Å². The molecule has 0 saturated heterocycles. The van der Waals surface area contributed by atoms with Gasteiger partial charge in [-0.25, -0.2) is 13.2 Å². The normalized spacial score (nSPS) is 29.4. The molecule has 3 saturated carbocycles. The van der Waals surface area contributed by atoms with Crippen LogP contribution >= 0.6 is 0 Å². The fourth-order valence-electron chi connectivity index (χ4n) is 7.94. The van der Waals surface area contributed by atoms with Gasteiger partial charge in [0.2, 0.25) is 0 Å². The Bertz CT molecular complexity index is 907. The molecule has 4 rings (SSSR count). The minimum absolute atomic E-state index is 0.142. The zero-order valence-corrected chi connectivity index (χ0v) is 25.1. The van der Waals surface area contributed by atoms with E-state index >= 15 is 4.39 Å². The Morgan fingerprint density at radius 3 is 1.77 bits per heavy atom. The Balaban J connectivity index is 1.23. The molecule has 0 spiro atoms. The lowest BCUT2D eigenvalue weighted by atomic mass is 9.75. The van der Waals surface area contributed by atoms with Gasteiger partial charge in [0, 0.05) is 12.0 Å². The van der Waals surface area contributed by atoms with Crippen molar-refractivity contribution >= 4 is 5.78 Å². The maximum absolute atomic E-state index is 15.2. The van der Waals surface area contributed by atoms with Crippen LogP contribution in [0.4, 0.5) is 13.2 Å². The molecule has 5 heteroatoms. The number of ether oxygens (including phenoxy) is 1. The van der Waals surface area contributed by atoms with E-state index in [1.54, 1.807) is 0 Å². The molecule has 1 aromatic rings. The quantitative estimate of drug-likeness (QED) is 0.224. The van der Waals surface area contributed by atoms with Crippen LogP contribution in [0.15, 0.2) is 12.1 Å². The molecule has 0 N–H and O–H groups in total. The maximum Gasteiger partial charge on any atom is 0.267 e. The van der Waals surface area contributed by atoms with Crippen LogP contribution in [0.1, 0.15) is 152 Å². The predicted molar refractivity (Wildman–Crippen MR) is 157 cm³/mol. The number of rotatable bonds is 13. The van der Waals surface area contributed by atoms with Gasteiger partial charge in [0.25, 0.3) is 6.43 Å². The summed E-state index contributed by atoms with van der Waals surface area (Å²) in [6.07, 6.45) is 17.7. The van der Waals surface area contributed by atoms with Crippen LogP contribution in [-0.4, -0.2) is 12.4 Å². The van der Waals surface area contributed by atoms with Crippen LogP contribution in [0.3, 0.4) is 0 Å². The summed E-state index contributed by atoms with van der Waals surface area (Å²) in [7, 11) is 0. The minimum Gasteiger partial charge on any atom is -0.490 e. The van der Waals surface area contributed by atoms with E-state index in [4.69, 9.17) is 4.74 Å². The summed E-state index contributed by atoms with van der Waals surface area (Å²) >= 11 is 0. The van der Waals surface area contributed by atoms with E-state index in [-0.39, 0.29) is 29.4 Å². The molecule has 0 aromatic heterocycles. The first-order chi connectivity index (χ1) is 19.4. The van der Waals surface area contributed by atoms with E-state index in [9.17, 15) is 13.6 Å². The second-order valence-corrected chi connectivity index (χ2v) is 13.5. The number of carbonyl (C=O) groups is 1. The molecule has 0 amide bonds.